The smallest absolute Gasteiger partial charge is 0.410 e. The molecule has 1 aliphatic heterocycles. The Bertz CT molecular complexity index is 478. The molecule has 1 aliphatic rings. The second kappa shape index (κ2) is 7.64. The monoisotopic (exact) mass is 292 g/mol. The molecular weight excluding hydrogens is 272 g/mol. The molecule has 2 amide bonds. The van der Waals surface area contributed by atoms with Gasteiger partial charge in [0.05, 0.1) is 0 Å². The summed E-state index contributed by atoms with van der Waals surface area (Å²) in [5.41, 5.74) is 0.922. The van der Waals surface area contributed by atoms with Crippen LogP contribution in [0, 0.1) is 0 Å². The molecule has 21 heavy (non-hydrogen) atoms. The fourth-order valence-electron chi connectivity index (χ4n) is 2.32. The van der Waals surface area contributed by atoms with Crippen LogP contribution in [0.2, 0.25) is 0 Å². The summed E-state index contributed by atoms with van der Waals surface area (Å²) in [4.78, 5) is 25.5. The van der Waals surface area contributed by atoms with Crippen LogP contribution < -0.4 is 5.32 Å². The summed E-state index contributed by atoms with van der Waals surface area (Å²) in [6, 6.07) is 8.99. The number of nitrogens with one attached hydrogen (secondary N) is 1. The Morgan fingerprint density at radius 3 is 2.81 bits per heavy atom. The van der Waals surface area contributed by atoms with Crippen LogP contribution in [0.25, 0.3) is 0 Å². The lowest BCUT2D eigenvalue weighted by Crippen LogP contribution is -2.46. The van der Waals surface area contributed by atoms with E-state index in [0.717, 1.165) is 12.0 Å². The summed E-state index contributed by atoms with van der Waals surface area (Å²) >= 11 is 0. The molecule has 1 atom stereocenters. The molecule has 1 heterocycles. The van der Waals surface area contributed by atoms with Crippen LogP contribution in [0.4, 0.5) is 4.79 Å². The third-order valence-corrected chi connectivity index (χ3v) is 3.39. The Kier molecular flexibility index (Phi) is 5.57. The lowest BCUT2D eigenvalue weighted by molar-refractivity contribution is -0.126. The van der Waals surface area contributed by atoms with Crippen molar-refractivity contribution in [1.29, 1.82) is 0 Å². The van der Waals surface area contributed by atoms with Gasteiger partial charge in [0.15, 0.2) is 0 Å². The van der Waals surface area contributed by atoms with Crippen molar-refractivity contribution in [3.63, 3.8) is 0 Å². The number of hydrogen-bond donors (Lipinski definition) is 1. The van der Waals surface area contributed by atoms with Gasteiger partial charge in [0.25, 0.3) is 0 Å². The van der Waals surface area contributed by atoms with Crippen LogP contribution in [0.5, 0.6) is 0 Å². The largest absolute Gasteiger partial charge is 0.445 e. The number of carbonyl (C=O) groups is 2. The number of methoxy groups -OCH3 is 1. The normalized spacial score (nSPS) is 17.6. The van der Waals surface area contributed by atoms with Crippen molar-refractivity contribution in [2.75, 3.05) is 20.4 Å². The molecule has 1 aromatic rings. The SMILES string of the molecule is COCNC(=O)[C@@H]1CCCN1C(=O)OCc1ccccc1. The summed E-state index contributed by atoms with van der Waals surface area (Å²) in [5.74, 6) is -0.203. The first-order valence-electron chi connectivity index (χ1n) is 6.96. The second-order valence-corrected chi connectivity index (χ2v) is 4.87. The predicted molar refractivity (Wildman–Crippen MR) is 76.4 cm³/mol. The van der Waals surface area contributed by atoms with Crippen LogP contribution in [-0.4, -0.2) is 43.3 Å². The van der Waals surface area contributed by atoms with E-state index in [4.69, 9.17) is 9.47 Å². The molecule has 0 bridgehead atoms. The fraction of sp³-hybridized carbons (Fsp3) is 0.467. The molecule has 0 spiro atoms. The number of carbonyl (C=O) groups excluding carboxylic acids is 2. The van der Waals surface area contributed by atoms with Gasteiger partial charge in [-0.3, -0.25) is 9.69 Å². The number of amides is 2. The molecule has 2 rings (SSSR count). The molecule has 0 aromatic heterocycles. The Morgan fingerprint density at radius 2 is 2.10 bits per heavy atom. The Morgan fingerprint density at radius 1 is 1.33 bits per heavy atom. The zero-order valence-electron chi connectivity index (χ0n) is 12.1. The summed E-state index contributed by atoms with van der Waals surface area (Å²) < 4.78 is 10.1. The lowest BCUT2D eigenvalue weighted by Gasteiger charge is -2.23. The van der Waals surface area contributed by atoms with E-state index in [1.807, 2.05) is 30.3 Å². The van der Waals surface area contributed by atoms with Crippen LogP contribution >= 0.6 is 0 Å². The van der Waals surface area contributed by atoms with Crippen LogP contribution in [0.15, 0.2) is 30.3 Å². The van der Waals surface area contributed by atoms with Crippen molar-refractivity contribution in [1.82, 2.24) is 10.2 Å². The highest BCUT2D eigenvalue weighted by Crippen LogP contribution is 2.19. The molecule has 1 saturated heterocycles. The van der Waals surface area contributed by atoms with Crippen molar-refractivity contribution in [2.24, 2.45) is 0 Å². The molecule has 0 unspecified atom stereocenters. The first-order valence-corrected chi connectivity index (χ1v) is 6.96. The van der Waals surface area contributed by atoms with E-state index in [1.54, 1.807) is 0 Å². The Labute approximate surface area is 124 Å². The van der Waals surface area contributed by atoms with Crippen molar-refractivity contribution < 1.29 is 19.1 Å². The van der Waals surface area contributed by atoms with Crippen molar-refractivity contribution >= 4 is 12.0 Å². The van der Waals surface area contributed by atoms with Crippen LogP contribution in [0.1, 0.15) is 18.4 Å². The van der Waals surface area contributed by atoms with E-state index in [0.29, 0.717) is 13.0 Å². The van der Waals surface area contributed by atoms with Gasteiger partial charge in [-0.25, -0.2) is 4.79 Å². The molecule has 1 N–H and O–H groups in total. The summed E-state index contributed by atoms with van der Waals surface area (Å²) in [6.07, 6.45) is 0.996. The van der Waals surface area contributed by atoms with Gasteiger partial charge in [0, 0.05) is 13.7 Å². The highest BCUT2D eigenvalue weighted by molar-refractivity contribution is 5.86. The van der Waals surface area contributed by atoms with Gasteiger partial charge in [0.1, 0.15) is 19.4 Å². The van der Waals surface area contributed by atoms with Gasteiger partial charge < -0.3 is 14.8 Å². The maximum absolute atomic E-state index is 12.1. The van der Waals surface area contributed by atoms with Crippen LogP contribution in [-0.2, 0) is 20.9 Å². The lowest BCUT2D eigenvalue weighted by atomic mass is 10.2. The molecule has 0 saturated carbocycles. The average Bonchev–Trinajstić information content (AvgIpc) is 3.01. The maximum Gasteiger partial charge on any atom is 0.410 e. The molecule has 114 valence electrons. The van der Waals surface area contributed by atoms with E-state index >= 15 is 0 Å². The van der Waals surface area contributed by atoms with Crippen molar-refractivity contribution in [3.05, 3.63) is 35.9 Å². The average molecular weight is 292 g/mol. The molecular formula is C15H20N2O4. The van der Waals surface area contributed by atoms with Gasteiger partial charge in [-0.05, 0) is 18.4 Å². The molecule has 0 aliphatic carbocycles. The number of rotatable bonds is 5. The van der Waals surface area contributed by atoms with E-state index in [9.17, 15) is 9.59 Å². The highest BCUT2D eigenvalue weighted by Gasteiger charge is 2.34. The maximum atomic E-state index is 12.1. The second-order valence-electron chi connectivity index (χ2n) is 4.87. The third kappa shape index (κ3) is 4.19. The molecule has 6 heteroatoms. The van der Waals surface area contributed by atoms with Gasteiger partial charge >= 0.3 is 6.09 Å². The van der Waals surface area contributed by atoms with Gasteiger partial charge in [-0.15, -0.1) is 0 Å². The van der Waals surface area contributed by atoms with Gasteiger partial charge in [-0.1, -0.05) is 30.3 Å². The first kappa shape index (κ1) is 15.3. The molecule has 0 radical (unpaired) electrons. The Balaban J connectivity index is 1.87. The van der Waals surface area contributed by atoms with E-state index in [1.165, 1.54) is 12.0 Å². The van der Waals surface area contributed by atoms with E-state index in [2.05, 4.69) is 5.32 Å². The van der Waals surface area contributed by atoms with E-state index < -0.39 is 12.1 Å². The van der Waals surface area contributed by atoms with Crippen molar-refractivity contribution in [3.8, 4) is 0 Å². The first-order chi connectivity index (χ1) is 10.2. The van der Waals surface area contributed by atoms with Crippen LogP contribution in [0.3, 0.4) is 0 Å². The topological polar surface area (TPSA) is 67.9 Å². The zero-order chi connectivity index (χ0) is 15.1. The standard InChI is InChI=1S/C15H20N2O4/c1-20-11-16-14(18)13-8-5-9-17(13)15(19)21-10-12-6-3-2-4-7-12/h2-4,6-7,13H,5,8-11H2,1H3,(H,16,18)/t13-/m0/s1. The number of benzene rings is 1. The highest BCUT2D eigenvalue weighted by atomic mass is 16.6. The molecule has 1 fully saturated rings. The minimum atomic E-state index is -0.469. The van der Waals surface area contributed by atoms with E-state index in [-0.39, 0.29) is 19.2 Å². The fourth-order valence-corrected chi connectivity index (χ4v) is 2.32. The number of hydrogen-bond acceptors (Lipinski definition) is 4. The minimum Gasteiger partial charge on any atom is -0.445 e. The number of ether oxygens (including phenoxy) is 2. The summed E-state index contributed by atoms with van der Waals surface area (Å²) in [7, 11) is 1.50. The van der Waals surface area contributed by atoms with Gasteiger partial charge in [0.2, 0.25) is 5.91 Å². The molecule has 1 aromatic carbocycles. The third-order valence-electron chi connectivity index (χ3n) is 3.39. The predicted octanol–water partition coefficient (Wildman–Crippen LogP) is 1.51. The quantitative estimate of drug-likeness (QED) is 0.835. The minimum absolute atomic E-state index is 0.141. The Hall–Kier alpha value is -2.08. The zero-order valence-corrected chi connectivity index (χ0v) is 12.1. The number of nitrogens with zero attached hydrogens (tertiary/aromatic N) is 1. The molecule has 6 nitrogen and oxygen atoms in total. The van der Waals surface area contributed by atoms with Gasteiger partial charge in [-0.2, -0.15) is 0 Å². The summed E-state index contributed by atoms with van der Waals surface area (Å²) in [6.45, 7) is 0.892. The number of likely N-dealkylation sites (tertiary alicyclic amines) is 1. The summed E-state index contributed by atoms with van der Waals surface area (Å²) in [5, 5.41) is 2.62. The van der Waals surface area contributed by atoms with Crippen molar-refractivity contribution in [2.45, 2.75) is 25.5 Å².